The van der Waals surface area contributed by atoms with Gasteiger partial charge < -0.3 is 15.2 Å². The molecule has 0 atom stereocenters. The number of carbonyl (C=O) groups excluding carboxylic acids is 1. The van der Waals surface area contributed by atoms with Gasteiger partial charge >= 0.3 is 5.97 Å². The zero-order chi connectivity index (χ0) is 11.3. The Bertz CT molecular complexity index is 350. The second-order valence-corrected chi connectivity index (χ2v) is 3.19. The Labute approximate surface area is 89.0 Å². The monoisotopic (exact) mass is 209 g/mol. The van der Waals surface area contributed by atoms with Crippen LogP contribution < -0.4 is 10.5 Å². The van der Waals surface area contributed by atoms with E-state index >= 15 is 0 Å². The van der Waals surface area contributed by atoms with Crippen LogP contribution >= 0.6 is 0 Å². The zero-order valence-electron chi connectivity index (χ0n) is 8.95. The lowest BCUT2D eigenvalue weighted by molar-refractivity contribution is -0.141. The van der Waals surface area contributed by atoms with Crippen molar-refractivity contribution in [1.82, 2.24) is 0 Å². The normalized spacial score (nSPS) is 9.73. The van der Waals surface area contributed by atoms with Gasteiger partial charge in [0.1, 0.15) is 5.75 Å². The second kappa shape index (κ2) is 5.24. The van der Waals surface area contributed by atoms with Crippen LogP contribution in [0.1, 0.15) is 12.0 Å². The van der Waals surface area contributed by atoms with Crippen LogP contribution in [0, 0.1) is 6.92 Å². The van der Waals surface area contributed by atoms with E-state index in [0.717, 1.165) is 11.3 Å². The first-order valence-electron chi connectivity index (χ1n) is 4.69. The minimum atomic E-state index is -0.276. The fourth-order valence-corrected chi connectivity index (χ4v) is 1.09. The number of ether oxygens (including phenoxy) is 2. The minimum Gasteiger partial charge on any atom is -0.493 e. The maximum absolute atomic E-state index is 10.8. The number of nitrogens with two attached hydrogens (primary N) is 1. The van der Waals surface area contributed by atoms with E-state index in [1.807, 2.05) is 13.0 Å². The third kappa shape index (κ3) is 3.50. The number of nitrogen functional groups attached to an aromatic ring is 1. The summed E-state index contributed by atoms with van der Waals surface area (Å²) in [5, 5.41) is 0. The van der Waals surface area contributed by atoms with Crippen LogP contribution in [-0.4, -0.2) is 19.7 Å². The average Bonchev–Trinajstić information content (AvgIpc) is 2.23. The van der Waals surface area contributed by atoms with Gasteiger partial charge in [0, 0.05) is 5.69 Å². The summed E-state index contributed by atoms with van der Waals surface area (Å²) in [5.74, 6) is 0.438. The maximum atomic E-state index is 10.8. The molecule has 0 unspecified atom stereocenters. The van der Waals surface area contributed by atoms with Crippen molar-refractivity contribution < 1.29 is 14.3 Å². The third-order valence-corrected chi connectivity index (χ3v) is 2.04. The van der Waals surface area contributed by atoms with E-state index in [1.54, 1.807) is 12.1 Å². The van der Waals surface area contributed by atoms with Gasteiger partial charge in [-0.1, -0.05) is 0 Å². The molecule has 15 heavy (non-hydrogen) atoms. The molecule has 0 radical (unpaired) electrons. The Hall–Kier alpha value is -1.71. The summed E-state index contributed by atoms with van der Waals surface area (Å²) in [5.41, 5.74) is 7.35. The minimum absolute atomic E-state index is 0.250. The number of rotatable bonds is 4. The number of anilines is 1. The zero-order valence-corrected chi connectivity index (χ0v) is 8.95. The van der Waals surface area contributed by atoms with E-state index in [2.05, 4.69) is 4.74 Å². The van der Waals surface area contributed by atoms with Gasteiger partial charge in [-0.2, -0.15) is 0 Å². The second-order valence-electron chi connectivity index (χ2n) is 3.19. The highest BCUT2D eigenvalue weighted by molar-refractivity contribution is 5.69. The first kappa shape index (κ1) is 11.4. The van der Waals surface area contributed by atoms with Crippen LogP contribution in [0.25, 0.3) is 0 Å². The van der Waals surface area contributed by atoms with Crippen molar-refractivity contribution in [2.75, 3.05) is 19.5 Å². The van der Waals surface area contributed by atoms with Crippen molar-refractivity contribution >= 4 is 11.7 Å². The predicted molar refractivity (Wildman–Crippen MR) is 57.7 cm³/mol. The highest BCUT2D eigenvalue weighted by Gasteiger charge is 2.01. The summed E-state index contributed by atoms with van der Waals surface area (Å²) < 4.78 is 9.85. The SMILES string of the molecule is COC(=O)CCOc1ccc(N)c(C)c1. The van der Waals surface area contributed by atoms with Crippen molar-refractivity contribution in [3.63, 3.8) is 0 Å². The average molecular weight is 209 g/mol. The number of hydrogen-bond acceptors (Lipinski definition) is 4. The van der Waals surface area contributed by atoms with Gasteiger partial charge in [0.15, 0.2) is 0 Å². The molecule has 4 nitrogen and oxygen atoms in total. The third-order valence-electron chi connectivity index (χ3n) is 2.04. The van der Waals surface area contributed by atoms with E-state index < -0.39 is 0 Å². The molecule has 0 heterocycles. The molecule has 0 bridgehead atoms. The largest absolute Gasteiger partial charge is 0.493 e. The number of esters is 1. The van der Waals surface area contributed by atoms with Crippen molar-refractivity contribution in [2.24, 2.45) is 0 Å². The van der Waals surface area contributed by atoms with Gasteiger partial charge in [0.05, 0.1) is 20.1 Å². The molecule has 0 saturated carbocycles. The van der Waals surface area contributed by atoms with Gasteiger partial charge in [-0.15, -0.1) is 0 Å². The molecule has 82 valence electrons. The summed E-state index contributed by atoms with van der Waals surface area (Å²) in [6.07, 6.45) is 0.250. The number of carbonyl (C=O) groups is 1. The smallest absolute Gasteiger partial charge is 0.308 e. The molecular weight excluding hydrogens is 194 g/mol. The molecular formula is C11H15NO3. The lowest BCUT2D eigenvalue weighted by atomic mass is 10.2. The summed E-state index contributed by atoms with van der Waals surface area (Å²) in [4.78, 5) is 10.8. The van der Waals surface area contributed by atoms with Gasteiger partial charge in [-0.3, -0.25) is 4.79 Å². The molecule has 0 spiro atoms. The molecule has 0 aliphatic rings. The Morgan fingerprint density at radius 2 is 2.20 bits per heavy atom. The Morgan fingerprint density at radius 1 is 1.47 bits per heavy atom. The molecule has 1 rings (SSSR count). The molecule has 4 heteroatoms. The molecule has 0 aromatic heterocycles. The molecule has 1 aromatic rings. The summed E-state index contributed by atoms with van der Waals surface area (Å²) in [7, 11) is 1.36. The van der Waals surface area contributed by atoms with Crippen LogP contribution in [-0.2, 0) is 9.53 Å². The van der Waals surface area contributed by atoms with E-state index in [9.17, 15) is 4.79 Å². The van der Waals surface area contributed by atoms with Gasteiger partial charge in [0.25, 0.3) is 0 Å². The van der Waals surface area contributed by atoms with E-state index in [0.29, 0.717) is 12.4 Å². The predicted octanol–water partition coefficient (Wildman–Crippen LogP) is 1.52. The fraction of sp³-hybridized carbons (Fsp3) is 0.364. The first-order valence-corrected chi connectivity index (χ1v) is 4.69. The Kier molecular flexibility index (Phi) is 3.97. The standard InChI is InChI=1S/C11H15NO3/c1-8-7-9(3-4-10(8)12)15-6-5-11(13)14-2/h3-4,7H,5-6,12H2,1-2H3. The highest BCUT2D eigenvalue weighted by atomic mass is 16.5. The van der Waals surface area contributed by atoms with Crippen LogP contribution in [0.5, 0.6) is 5.75 Å². The molecule has 0 aliphatic heterocycles. The van der Waals surface area contributed by atoms with Crippen molar-refractivity contribution in [1.29, 1.82) is 0 Å². The van der Waals surface area contributed by atoms with Gasteiger partial charge in [-0.25, -0.2) is 0 Å². The first-order chi connectivity index (χ1) is 7.13. The quantitative estimate of drug-likeness (QED) is 0.603. The number of methoxy groups -OCH3 is 1. The molecule has 0 amide bonds. The van der Waals surface area contributed by atoms with Crippen LogP contribution in [0.4, 0.5) is 5.69 Å². The number of benzene rings is 1. The summed E-state index contributed by atoms with van der Waals surface area (Å²) in [6.45, 7) is 2.22. The van der Waals surface area contributed by atoms with Crippen LogP contribution in [0.3, 0.4) is 0 Å². The molecule has 1 aromatic carbocycles. The van der Waals surface area contributed by atoms with E-state index in [-0.39, 0.29) is 12.4 Å². The molecule has 2 N–H and O–H groups in total. The lowest BCUT2D eigenvalue weighted by Gasteiger charge is -2.07. The lowest BCUT2D eigenvalue weighted by Crippen LogP contribution is -2.07. The number of aryl methyl sites for hydroxylation is 1. The van der Waals surface area contributed by atoms with E-state index in [4.69, 9.17) is 10.5 Å². The van der Waals surface area contributed by atoms with Crippen LogP contribution in [0.15, 0.2) is 18.2 Å². The Morgan fingerprint density at radius 3 is 2.80 bits per heavy atom. The van der Waals surface area contributed by atoms with E-state index in [1.165, 1.54) is 7.11 Å². The molecule has 0 fully saturated rings. The van der Waals surface area contributed by atoms with Crippen molar-refractivity contribution in [3.05, 3.63) is 23.8 Å². The summed E-state index contributed by atoms with van der Waals surface area (Å²) >= 11 is 0. The molecule has 0 saturated heterocycles. The number of hydrogen-bond donors (Lipinski definition) is 1. The fourth-order valence-electron chi connectivity index (χ4n) is 1.09. The Balaban J connectivity index is 2.44. The maximum Gasteiger partial charge on any atom is 0.308 e. The topological polar surface area (TPSA) is 61.5 Å². The van der Waals surface area contributed by atoms with Crippen LogP contribution in [0.2, 0.25) is 0 Å². The van der Waals surface area contributed by atoms with Crippen molar-refractivity contribution in [2.45, 2.75) is 13.3 Å². The van der Waals surface area contributed by atoms with Gasteiger partial charge in [0.2, 0.25) is 0 Å². The summed E-state index contributed by atoms with van der Waals surface area (Å²) in [6, 6.07) is 5.40. The van der Waals surface area contributed by atoms with Crippen molar-refractivity contribution in [3.8, 4) is 5.75 Å². The van der Waals surface area contributed by atoms with Gasteiger partial charge in [-0.05, 0) is 30.7 Å². The highest BCUT2D eigenvalue weighted by Crippen LogP contribution is 2.18. The molecule has 0 aliphatic carbocycles.